The van der Waals surface area contributed by atoms with Crippen molar-refractivity contribution in [1.29, 1.82) is 0 Å². The number of Topliss-reactive ketones (excluding diaryl/α,β-unsaturated/α-hetero) is 1. The molecule has 1 saturated carbocycles. The Morgan fingerprint density at radius 1 is 1.24 bits per heavy atom. The van der Waals surface area contributed by atoms with Crippen LogP contribution < -0.4 is 0 Å². The number of hydrogen-bond donors (Lipinski definition) is 1. The maximum Gasteiger partial charge on any atom is 0.180 e. The van der Waals surface area contributed by atoms with Gasteiger partial charge in [0.1, 0.15) is 11.6 Å². The van der Waals surface area contributed by atoms with Gasteiger partial charge in [-0.25, -0.2) is 4.39 Å². The number of piperidine rings is 1. The van der Waals surface area contributed by atoms with Crippen LogP contribution in [0.2, 0.25) is 0 Å². The Bertz CT molecular complexity index is 530. The average Bonchev–Trinajstić information content (AvgIpc) is 2.50. The second-order valence-corrected chi connectivity index (χ2v) is 6.31. The second kappa shape index (κ2) is 6.14. The molecule has 0 aromatic heterocycles. The van der Waals surface area contributed by atoms with Crippen LogP contribution in [-0.2, 0) is 0 Å². The number of carbonyl (C=O) groups excluding carboxylic acids is 1. The molecule has 4 heteroatoms. The molecule has 0 radical (unpaired) electrons. The maximum absolute atomic E-state index is 13.3. The van der Waals surface area contributed by atoms with Crippen LogP contribution in [0.4, 0.5) is 4.39 Å². The van der Waals surface area contributed by atoms with Crippen molar-refractivity contribution in [2.45, 2.75) is 44.6 Å². The number of fused-ring (bicyclic) bond motifs is 1. The van der Waals surface area contributed by atoms with Gasteiger partial charge >= 0.3 is 0 Å². The predicted octanol–water partition coefficient (Wildman–Crippen LogP) is 3.37. The SMILES string of the molecule is O=C(CN1CCCC2CCCCC21)c1cc(F)ccc1O. The summed E-state index contributed by atoms with van der Waals surface area (Å²) in [5.41, 5.74) is 0.105. The van der Waals surface area contributed by atoms with E-state index >= 15 is 0 Å². The first kappa shape index (κ1) is 14.5. The Labute approximate surface area is 124 Å². The summed E-state index contributed by atoms with van der Waals surface area (Å²) in [7, 11) is 0. The van der Waals surface area contributed by atoms with Crippen molar-refractivity contribution >= 4 is 5.78 Å². The number of phenolic OH excluding ortho intramolecular Hbond substituents is 1. The number of hydrogen-bond acceptors (Lipinski definition) is 3. The van der Waals surface area contributed by atoms with Crippen molar-refractivity contribution in [2.24, 2.45) is 5.92 Å². The molecule has 1 N–H and O–H groups in total. The van der Waals surface area contributed by atoms with Gasteiger partial charge in [0.25, 0.3) is 0 Å². The smallest absolute Gasteiger partial charge is 0.180 e. The van der Waals surface area contributed by atoms with E-state index in [1.54, 1.807) is 0 Å². The molecule has 2 unspecified atom stereocenters. The number of aromatic hydroxyl groups is 1. The average molecular weight is 291 g/mol. The molecule has 0 amide bonds. The van der Waals surface area contributed by atoms with E-state index < -0.39 is 5.82 Å². The van der Waals surface area contributed by atoms with Crippen molar-refractivity contribution in [3.8, 4) is 5.75 Å². The highest BCUT2D eigenvalue weighted by Crippen LogP contribution is 2.35. The van der Waals surface area contributed by atoms with Gasteiger partial charge in [-0.05, 0) is 56.3 Å². The first-order valence-corrected chi connectivity index (χ1v) is 7.91. The zero-order valence-electron chi connectivity index (χ0n) is 12.2. The third kappa shape index (κ3) is 3.10. The predicted molar refractivity (Wildman–Crippen MR) is 78.9 cm³/mol. The molecule has 3 nitrogen and oxygen atoms in total. The number of ketones is 1. The summed E-state index contributed by atoms with van der Waals surface area (Å²) in [5, 5.41) is 9.76. The lowest BCUT2D eigenvalue weighted by molar-refractivity contribution is 0.0538. The topological polar surface area (TPSA) is 40.5 Å². The molecule has 2 fully saturated rings. The Kier molecular flexibility index (Phi) is 4.24. The van der Waals surface area contributed by atoms with Crippen molar-refractivity contribution in [2.75, 3.05) is 13.1 Å². The second-order valence-electron chi connectivity index (χ2n) is 6.31. The molecule has 1 heterocycles. The number of likely N-dealkylation sites (tertiary alicyclic amines) is 1. The number of phenols is 1. The minimum atomic E-state index is -0.481. The first-order chi connectivity index (χ1) is 10.1. The van der Waals surface area contributed by atoms with Gasteiger partial charge in [-0.15, -0.1) is 0 Å². The van der Waals surface area contributed by atoms with Gasteiger partial charge in [-0.3, -0.25) is 9.69 Å². The lowest BCUT2D eigenvalue weighted by atomic mass is 9.78. The van der Waals surface area contributed by atoms with Crippen molar-refractivity contribution in [3.05, 3.63) is 29.6 Å². The molecule has 1 aliphatic heterocycles. The summed E-state index contributed by atoms with van der Waals surface area (Å²) in [6, 6.07) is 4.05. The highest BCUT2D eigenvalue weighted by atomic mass is 19.1. The van der Waals surface area contributed by atoms with Gasteiger partial charge in [0.05, 0.1) is 12.1 Å². The fourth-order valence-electron chi connectivity index (χ4n) is 3.93. The fourth-order valence-corrected chi connectivity index (χ4v) is 3.93. The quantitative estimate of drug-likeness (QED) is 0.868. The fraction of sp³-hybridized carbons (Fsp3) is 0.588. The monoisotopic (exact) mass is 291 g/mol. The normalized spacial score (nSPS) is 26.3. The van der Waals surface area contributed by atoms with Crippen molar-refractivity contribution in [1.82, 2.24) is 4.90 Å². The largest absolute Gasteiger partial charge is 0.507 e. The van der Waals surface area contributed by atoms with E-state index in [0.717, 1.165) is 25.5 Å². The van der Waals surface area contributed by atoms with Crippen LogP contribution in [0, 0.1) is 11.7 Å². The first-order valence-electron chi connectivity index (χ1n) is 7.91. The van der Waals surface area contributed by atoms with Crippen LogP contribution >= 0.6 is 0 Å². The van der Waals surface area contributed by atoms with Gasteiger partial charge in [0, 0.05) is 6.04 Å². The van der Waals surface area contributed by atoms with Crippen LogP contribution in [0.3, 0.4) is 0 Å². The Morgan fingerprint density at radius 2 is 2.00 bits per heavy atom. The molecule has 2 atom stereocenters. The third-order valence-corrected chi connectivity index (χ3v) is 4.96. The zero-order chi connectivity index (χ0) is 14.8. The molecular weight excluding hydrogens is 269 g/mol. The lowest BCUT2D eigenvalue weighted by Crippen LogP contribution is -2.48. The van der Waals surface area contributed by atoms with E-state index in [4.69, 9.17) is 0 Å². The lowest BCUT2D eigenvalue weighted by Gasteiger charge is -2.43. The number of carbonyl (C=O) groups is 1. The molecule has 1 aromatic rings. The van der Waals surface area contributed by atoms with E-state index in [-0.39, 0.29) is 23.6 Å². The van der Waals surface area contributed by atoms with Gasteiger partial charge in [-0.2, -0.15) is 0 Å². The molecular formula is C17H22FNO2. The van der Waals surface area contributed by atoms with Crippen molar-refractivity contribution < 1.29 is 14.3 Å². The van der Waals surface area contributed by atoms with Crippen LogP contribution in [0.15, 0.2) is 18.2 Å². The number of benzene rings is 1. The van der Waals surface area contributed by atoms with Crippen LogP contribution in [0.25, 0.3) is 0 Å². The summed E-state index contributed by atoms with van der Waals surface area (Å²) in [4.78, 5) is 14.6. The molecule has 0 bridgehead atoms. The van der Waals surface area contributed by atoms with Crippen molar-refractivity contribution in [3.63, 3.8) is 0 Å². The molecule has 0 spiro atoms. The van der Waals surface area contributed by atoms with Gasteiger partial charge in [0.15, 0.2) is 5.78 Å². The molecule has 2 aliphatic rings. The highest BCUT2D eigenvalue weighted by Gasteiger charge is 2.34. The van der Waals surface area contributed by atoms with E-state index in [0.29, 0.717) is 12.0 Å². The van der Waals surface area contributed by atoms with Crippen LogP contribution in [0.1, 0.15) is 48.9 Å². The standard InChI is InChI=1S/C17H22FNO2/c18-13-7-8-16(20)14(10-13)17(21)11-19-9-3-5-12-4-1-2-6-15(12)19/h7-8,10,12,15,20H,1-6,9,11H2. The zero-order valence-corrected chi connectivity index (χ0v) is 12.2. The minimum absolute atomic E-state index is 0.105. The van der Waals surface area contributed by atoms with Gasteiger partial charge in [-0.1, -0.05) is 12.8 Å². The molecule has 1 saturated heterocycles. The van der Waals surface area contributed by atoms with Crippen LogP contribution in [-0.4, -0.2) is 34.9 Å². The van der Waals surface area contributed by atoms with E-state index in [9.17, 15) is 14.3 Å². The van der Waals surface area contributed by atoms with Gasteiger partial charge in [0.2, 0.25) is 0 Å². The minimum Gasteiger partial charge on any atom is -0.507 e. The molecule has 114 valence electrons. The summed E-state index contributed by atoms with van der Waals surface area (Å²) in [6.45, 7) is 1.22. The highest BCUT2D eigenvalue weighted by molar-refractivity contribution is 6.00. The maximum atomic E-state index is 13.3. The Balaban J connectivity index is 1.72. The van der Waals surface area contributed by atoms with E-state index in [1.807, 2.05) is 0 Å². The molecule has 3 rings (SSSR count). The summed E-state index contributed by atoms with van der Waals surface area (Å²) in [6.07, 6.45) is 7.35. The van der Waals surface area contributed by atoms with E-state index in [1.165, 1.54) is 37.8 Å². The molecule has 1 aliphatic carbocycles. The Morgan fingerprint density at radius 3 is 2.86 bits per heavy atom. The molecule has 1 aromatic carbocycles. The number of halogens is 1. The summed E-state index contributed by atoms with van der Waals surface area (Å²) < 4.78 is 13.3. The van der Waals surface area contributed by atoms with Crippen LogP contribution in [0.5, 0.6) is 5.75 Å². The van der Waals surface area contributed by atoms with E-state index in [2.05, 4.69) is 4.90 Å². The number of nitrogens with zero attached hydrogens (tertiary/aromatic N) is 1. The Hall–Kier alpha value is -1.42. The summed E-state index contributed by atoms with van der Waals surface area (Å²) in [5.74, 6) is -0.0800. The molecule has 21 heavy (non-hydrogen) atoms. The number of rotatable bonds is 3. The summed E-state index contributed by atoms with van der Waals surface area (Å²) >= 11 is 0. The van der Waals surface area contributed by atoms with Gasteiger partial charge < -0.3 is 5.11 Å². The third-order valence-electron chi connectivity index (χ3n) is 4.96.